The highest BCUT2D eigenvalue weighted by molar-refractivity contribution is 7.12. The summed E-state index contributed by atoms with van der Waals surface area (Å²) in [5.74, 6) is 0.647. The van der Waals surface area contributed by atoms with Crippen molar-refractivity contribution in [3.8, 4) is 0 Å². The zero-order valence-electron chi connectivity index (χ0n) is 10.4. The third-order valence-corrected chi connectivity index (χ3v) is 4.96. The Hall–Kier alpha value is -0.410. The average molecular weight is 239 g/mol. The van der Waals surface area contributed by atoms with Crippen molar-refractivity contribution in [3.63, 3.8) is 0 Å². The van der Waals surface area contributed by atoms with Crippen LogP contribution >= 0.6 is 11.3 Å². The number of nitrogens with zero attached hydrogens (tertiary/aromatic N) is 1. The third-order valence-electron chi connectivity index (χ3n) is 3.32. The maximum absolute atomic E-state index is 10.1. The number of hydrogen-bond donors (Lipinski definition) is 1. The van der Waals surface area contributed by atoms with Gasteiger partial charge in [-0.3, -0.25) is 0 Å². The molecule has 1 N–H and O–H groups in total. The first-order valence-corrected chi connectivity index (χ1v) is 7.00. The van der Waals surface area contributed by atoms with E-state index in [0.717, 1.165) is 10.6 Å². The molecule has 1 fully saturated rings. The lowest BCUT2D eigenvalue weighted by Crippen LogP contribution is -2.14. The lowest BCUT2D eigenvalue weighted by molar-refractivity contribution is 0.0817. The van der Waals surface area contributed by atoms with Crippen LogP contribution in [0.25, 0.3) is 0 Å². The second kappa shape index (κ2) is 4.46. The lowest BCUT2D eigenvalue weighted by Gasteiger charge is -2.19. The molecule has 0 atom stereocenters. The maximum atomic E-state index is 10.1. The standard InChI is InChI=1S/C13H21NOS/c1-9-11(13(2,3)15)16-12(14-9)10-7-5-4-6-8-10/h10,15H,4-8H2,1-3H3. The van der Waals surface area contributed by atoms with Crippen LogP contribution in [0.15, 0.2) is 0 Å². The summed E-state index contributed by atoms with van der Waals surface area (Å²) >= 11 is 1.71. The zero-order valence-corrected chi connectivity index (χ0v) is 11.2. The van der Waals surface area contributed by atoms with Crippen LogP contribution in [-0.2, 0) is 5.60 Å². The molecule has 1 heterocycles. The zero-order chi connectivity index (χ0) is 11.8. The van der Waals surface area contributed by atoms with E-state index in [4.69, 9.17) is 0 Å². The van der Waals surface area contributed by atoms with Crippen LogP contribution < -0.4 is 0 Å². The van der Waals surface area contributed by atoms with Crippen molar-refractivity contribution in [1.29, 1.82) is 0 Å². The molecule has 1 aliphatic rings. The fourth-order valence-electron chi connectivity index (χ4n) is 2.51. The lowest BCUT2D eigenvalue weighted by atomic mass is 9.90. The van der Waals surface area contributed by atoms with Gasteiger partial charge in [-0.2, -0.15) is 0 Å². The van der Waals surface area contributed by atoms with Crippen LogP contribution in [0.3, 0.4) is 0 Å². The van der Waals surface area contributed by atoms with Crippen LogP contribution in [0.5, 0.6) is 0 Å². The Balaban J connectivity index is 2.23. The molecule has 1 aliphatic carbocycles. The van der Waals surface area contributed by atoms with Gasteiger partial charge in [0.2, 0.25) is 0 Å². The van der Waals surface area contributed by atoms with Gasteiger partial charge in [0, 0.05) is 5.92 Å². The second-order valence-electron chi connectivity index (χ2n) is 5.36. The van der Waals surface area contributed by atoms with Gasteiger partial charge in [-0.05, 0) is 33.6 Å². The molecule has 1 saturated carbocycles. The van der Waals surface area contributed by atoms with E-state index in [2.05, 4.69) is 4.98 Å². The first kappa shape index (κ1) is 12.1. The minimum Gasteiger partial charge on any atom is -0.385 e. The number of aromatic nitrogens is 1. The molecule has 90 valence electrons. The van der Waals surface area contributed by atoms with Gasteiger partial charge in [0.1, 0.15) is 0 Å². The van der Waals surface area contributed by atoms with E-state index in [0.29, 0.717) is 5.92 Å². The van der Waals surface area contributed by atoms with Crippen LogP contribution in [0.2, 0.25) is 0 Å². The molecular weight excluding hydrogens is 218 g/mol. The van der Waals surface area contributed by atoms with Crippen molar-refractivity contribution in [2.75, 3.05) is 0 Å². The van der Waals surface area contributed by atoms with Gasteiger partial charge >= 0.3 is 0 Å². The predicted octanol–water partition coefficient (Wildman–Crippen LogP) is 3.73. The van der Waals surface area contributed by atoms with E-state index in [1.165, 1.54) is 37.1 Å². The second-order valence-corrected chi connectivity index (χ2v) is 6.39. The SMILES string of the molecule is Cc1nc(C2CCCCC2)sc1C(C)(C)O. The summed E-state index contributed by atoms with van der Waals surface area (Å²) in [7, 11) is 0. The molecule has 1 aromatic heterocycles. The van der Waals surface area contributed by atoms with Crippen LogP contribution in [0.1, 0.15) is 67.4 Å². The highest BCUT2D eigenvalue weighted by atomic mass is 32.1. The Bertz CT molecular complexity index is 358. The number of aryl methyl sites for hydroxylation is 1. The molecule has 16 heavy (non-hydrogen) atoms. The van der Waals surface area contributed by atoms with Crippen LogP contribution in [0.4, 0.5) is 0 Å². The third kappa shape index (κ3) is 2.46. The van der Waals surface area contributed by atoms with E-state index in [9.17, 15) is 5.11 Å². The van der Waals surface area contributed by atoms with Crippen molar-refractivity contribution >= 4 is 11.3 Å². The average Bonchev–Trinajstić information content (AvgIpc) is 2.61. The van der Waals surface area contributed by atoms with Crippen molar-refractivity contribution in [2.24, 2.45) is 0 Å². The smallest absolute Gasteiger partial charge is 0.0963 e. The summed E-state index contributed by atoms with van der Waals surface area (Å²) in [5.41, 5.74) is 0.271. The van der Waals surface area contributed by atoms with Crippen molar-refractivity contribution in [2.45, 2.75) is 64.4 Å². The number of thiazole rings is 1. The first-order chi connectivity index (χ1) is 7.48. The van der Waals surface area contributed by atoms with Crippen LogP contribution in [0, 0.1) is 6.92 Å². The molecule has 0 radical (unpaired) electrons. The molecule has 3 heteroatoms. The van der Waals surface area contributed by atoms with Gasteiger partial charge in [-0.15, -0.1) is 11.3 Å². The summed E-state index contributed by atoms with van der Waals surface area (Å²) in [6, 6.07) is 0. The minimum absolute atomic E-state index is 0.647. The van der Waals surface area contributed by atoms with Gasteiger partial charge < -0.3 is 5.11 Å². The Morgan fingerprint density at radius 3 is 2.38 bits per heavy atom. The molecular formula is C13H21NOS. The van der Waals surface area contributed by atoms with Gasteiger partial charge in [0.15, 0.2) is 0 Å². The normalized spacial score (nSPS) is 19.0. The molecule has 0 saturated heterocycles. The molecule has 0 unspecified atom stereocenters. The van der Waals surface area contributed by atoms with E-state index < -0.39 is 5.60 Å². The molecule has 0 bridgehead atoms. The monoisotopic (exact) mass is 239 g/mol. The highest BCUT2D eigenvalue weighted by Crippen LogP contribution is 2.38. The Morgan fingerprint density at radius 1 is 1.25 bits per heavy atom. The minimum atomic E-state index is -0.741. The highest BCUT2D eigenvalue weighted by Gasteiger charge is 2.26. The topological polar surface area (TPSA) is 33.1 Å². The van der Waals surface area contributed by atoms with Crippen molar-refractivity contribution in [3.05, 3.63) is 15.6 Å². The van der Waals surface area contributed by atoms with Gasteiger partial charge in [-0.1, -0.05) is 19.3 Å². The molecule has 0 aromatic carbocycles. The quantitative estimate of drug-likeness (QED) is 0.853. The van der Waals surface area contributed by atoms with E-state index in [1.807, 2.05) is 20.8 Å². The Labute approximate surface area is 102 Å². The summed E-state index contributed by atoms with van der Waals surface area (Å²) < 4.78 is 0. The van der Waals surface area contributed by atoms with Crippen molar-refractivity contribution < 1.29 is 5.11 Å². The number of rotatable bonds is 2. The van der Waals surface area contributed by atoms with Crippen molar-refractivity contribution in [1.82, 2.24) is 4.98 Å². The fourth-order valence-corrected chi connectivity index (χ4v) is 3.75. The number of aliphatic hydroxyl groups is 1. The summed E-state index contributed by atoms with van der Waals surface area (Å²) in [6.45, 7) is 5.70. The molecule has 2 nitrogen and oxygen atoms in total. The van der Waals surface area contributed by atoms with E-state index in [-0.39, 0.29) is 0 Å². The summed E-state index contributed by atoms with van der Waals surface area (Å²) in [4.78, 5) is 5.69. The predicted molar refractivity (Wildman–Crippen MR) is 67.9 cm³/mol. The fraction of sp³-hybridized carbons (Fsp3) is 0.769. The largest absolute Gasteiger partial charge is 0.385 e. The Kier molecular flexibility index (Phi) is 3.36. The summed E-state index contributed by atoms with van der Waals surface area (Å²) in [6.07, 6.45) is 6.60. The maximum Gasteiger partial charge on any atom is 0.0963 e. The molecule has 2 rings (SSSR count). The van der Waals surface area contributed by atoms with E-state index >= 15 is 0 Å². The van der Waals surface area contributed by atoms with Gasteiger partial charge in [0.05, 0.1) is 21.2 Å². The van der Waals surface area contributed by atoms with Crippen LogP contribution in [-0.4, -0.2) is 10.1 Å². The molecule has 1 aromatic rings. The number of hydrogen-bond acceptors (Lipinski definition) is 3. The first-order valence-electron chi connectivity index (χ1n) is 6.18. The molecule has 0 aliphatic heterocycles. The van der Waals surface area contributed by atoms with Gasteiger partial charge in [0.25, 0.3) is 0 Å². The summed E-state index contributed by atoms with van der Waals surface area (Å²) in [5, 5.41) is 11.3. The Morgan fingerprint density at radius 2 is 1.88 bits per heavy atom. The molecule has 0 amide bonds. The van der Waals surface area contributed by atoms with E-state index in [1.54, 1.807) is 11.3 Å². The molecule has 0 spiro atoms. The van der Waals surface area contributed by atoms with Gasteiger partial charge in [-0.25, -0.2) is 4.98 Å².